The number of aryl methyl sites for hydroxylation is 2. The summed E-state index contributed by atoms with van der Waals surface area (Å²) in [6.45, 7) is 14.7. The number of piperidine rings is 1. The van der Waals surface area contributed by atoms with E-state index < -0.39 is 0 Å². The standard InChI is InChI=1S/C16H29N3S/c1-6-9-19-10-7-16(8-11-19,18-12(2)3)15-17-13(4)14(5)20-15/h12,18H,6-11H2,1-5H3. The second-order valence-corrected chi connectivity index (χ2v) is 7.59. The van der Waals surface area contributed by atoms with Gasteiger partial charge in [0.05, 0.1) is 11.2 Å². The minimum absolute atomic E-state index is 0.0993. The molecule has 0 aliphatic carbocycles. The molecule has 4 heteroatoms. The van der Waals surface area contributed by atoms with Gasteiger partial charge in [-0.2, -0.15) is 0 Å². The Labute approximate surface area is 127 Å². The Bertz CT molecular complexity index is 411. The Balaban J connectivity index is 2.19. The Kier molecular flexibility index (Phi) is 5.21. The van der Waals surface area contributed by atoms with Gasteiger partial charge in [-0.05, 0) is 53.5 Å². The van der Waals surface area contributed by atoms with Crippen molar-refractivity contribution in [1.29, 1.82) is 0 Å². The van der Waals surface area contributed by atoms with Gasteiger partial charge in [-0.3, -0.25) is 0 Å². The topological polar surface area (TPSA) is 28.2 Å². The van der Waals surface area contributed by atoms with Crippen LogP contribution in [0.15, 0.2) is 0 Å². The molecule has 1 aliphatic heterocycles. The first-order valence-electron chi connectivity index (χ1n) is 7.91. The lowest BCUT2D eigenvalue weighted by Gasteiger charge is -2.42. The van der Waals surface area contributed by atoms with Gasteiger partial charge in [0.25, 0.3) is 0 Å². The van der Waals surface area contributed by atoms with Crippen LogP contribution in [0.25, 0.3) is 0 Å². The van der Waals surface area contributed by atoms with Crippen LogP contribution in [0.5, 0.6) is 0 Å². The predicted octanol–water partition coefficient (Wildman–Crippen LogP) is 3.46. The van der Waals surface area contributed by atoms with Crippen LogP contribution in [0, 0.1) is 13.8 Å². The highest BCUT2D eigenvalue weighted by atomic mass is 32.1. The largest absolute Gasteiger partial charge is 0.303 e. The van der Waals surface area contributed by atoms with E-state index in [4.69, 9.17) is 4.98 Å². The van der Waals surface area contributed by atoms with E-state index in [0.717, 1.165) is 0 Å². The number of hydrogen-bond acceptors (Lipinski definition) is 4. The average molecular weight is 295 g/mol. The lowest BCUT2D eigenvalue weighted by Crippen LogP contribution is -2.53. The van der Waals surface area contributed by atoms with Gasteiger partial charge in [0.1, 0.15) is 5.01 Å². The van der Waals surface area contributed by atoms with Gasteiger partial charge in [0.2, 0.25) is 0 Å². The van der Waals surface area contributed by atoms with E-state index in [1.807, 2.05) is 11.3 Å². The van der Waals surface area contributed by atoms with Gasteiger partial charge in [-0.15, -0.1) is 11.3 Å². The molecule has 1 aliphatic rings. The van der Waals surface area contributed by atoms with Crippen molar-refractivity contribution in [3.63, 3.8) is 0 Å². The second-order valence-electron chi connectivity index (χ2n) is 6.38. The van der Waals surface area contributed by atoms with Crippen molar-refractivity contribution in [3.8, 4) is 0 Å². The van der Waals surface area contributed by atoms with E-state index in [1.54, 1.807) is 0 Å². The van der Waals surface area contributed by atoms with Gasteiger partial charge in [-0.25, -0.2) is 4.98 Å². The molecule has 0 aromatic carbocycles. The lowest BCUT2D eigenvalue weighted by molar-refractivity contribution is 0.126. The molecule has 20 heavy (non-hydrogen) atoms. The molecule has 1 fully saturated rings. The summed E-state index contributed by atoms with van der Waals surface area (Å²) in [5, 5.41) is 5.14. The molecule has 0 radical (unpaired) electrons. The molecule has 3 nitrogen and oxygen atoms in total. The second kappa shape index (κ2) is 6.54. The minimum Gasteiger partial charge on any atom is -0.303 e. The summed E-state index contributed by atoms with van der Waals surface area (Å²) in [6, 6.07) is 0.497. The van der Waals surface area contributed by atoms with E-state index >= 15 is 0 Å². The van der Waals surface area contributed by atoms with Crippen LogP contribution in [0.2, 0.25) is 0 Å². The zero-order valence-electron chi connectivity index (χ0n) is 13.6. The van der Waals surface area contributed by atoms with Crippen LogP contribution >= 0.6 is 11.3 Å². The third kappa shape index (κ3) is 3.41. The molecular formula is C16H29N3S. The molecule has 1 N–H and O–H groups in total. The molecule has 114 valence electrons. The van der Waals surface area contributed by atoms with Gasteiger partial charge in [0, 0.05) is 24.0 Å². The maximum Gasteiger partial charge on any atom is 0.113 e. The van der Waals surface area contributed by atoms with Gasteiger partial charge in [0.15, 0.2) is 0 Å². The first-order chi connectivity index (χ1) is 9.47. The summed E-state index contributed by atoms with van der Waals surface area (Å²) in [7, 11) is 0. The van der Waals surface area contributed by atoms with Crippen molar-refractivity contribution < 1.29 is 0 Å². The molecule has 0 atom stereocenters. The monoisotopic (exact) mass is 295 g/mol. The molecule has 0 bridgehead atoms. The fourth-order valence-corrected chi connectivity index (χ4v) is 4.25. The predicted molar refractivity (Wildman–Crippen MR) is 87.5 cm³/mol. The van der Waals surface area contributed by atoms with Crippen LogP contribution in [0.3, 0.4) is 0 Å². The lowest BCUT2D eigenvalue weighted by atomic mass is 9.87. The highest BCUT2D eigenvalue weighted by Gasteiger charge is 2.39. The summed E-state index contributed by atoms with van der Waals surface area (Å²) in [5.74, 6) is 0. The zero-order valence-corrected chi connectivity index (χ0v) is 14.4. The molecule has 1 saturated heterocycles. The van der Waals surface area contributed by atoms with Crippen molar-refractivity contribution >= 4 is 11.3 Å². The van der Waals surface area contributed by atoms with Crippen LogP contribution in [0.4, 0.5) is 0 Å². The summed E-state index contributed by atoms with van der Waals surface area (Å²) in [5.41, 5.74) is 1.30. The van der Waals surface area contributed by atoms with Crippen LogP contribution < -0.4 is 5.32 Å². The molecular weight excluding hydrogens is 266 g/mol. The Morgan fingerprint density at radius 1 is 1.30 bits per heavy atom. The normalized spacial score (nSPS) is 19.7. The molecule has 0 unspecified atom stereocenters. The van der Waals surface area contributed by atoms with Crippen LogP contribution in [-0.2, 0) is 5.54 Å². The number of likely N-dealkylation sites (tertiary alicyclic amines) is 1. The number of hydrogen-bond donors (Lipinski definition) is 1. The fraction of sp³-hybridized carbons (Fsp3) is 0.812. The molecule has 1 aromatic heterocycles. The molecule has 2 heterocycles. The number of nitrogens with one attached hydrogen (secondary N) is 1. The highest BCUT2D eigenvalue weighted by molar-refractivity contribution is 7.11. The number of thiazole rings is 1. The van der Waals surface area contributed by atoms with Crippen molar-refractivity contribution in [1.82, 2.24) is 15.2 Å². The molecule has 0 saturated carbocycles. The van der Waals surface area contributed by atoms with Crippen molar-refractivity contribution in [3.05, 3.63) is 15.6 Å². The highest BCUT2D eigenvalue weighted by Crippen LogP contribution is 2.36. The fourth-order valence-electron chi connectivity index (χ4n) is 3.12. The molecule has 2 rings (SSSR count). The van der Waals surface area contributed by atoms with Crippen LogP contribution in [-0.4, -0.2) is 35.6 Å². The SMILES string of the molecule is CCCN1CCC(NC(C)C)(c2nc(C)c(C)s2)CC1. The van der Waals surface area contributed by atoms with E-state index in [-0.39, 0.29) is 5.54 Å². The smallest absolute Gasteiger partial charge is 0.113 e. The van der Waals surface area contributed by atoms with Crippen molar-refractivity contribution in [2.24, 2.45) is 0 Å². The van der Waals surface area contributed by atoms with E-state index in [1.165, 1.54) is 54.5 Å². The zero-order chi connectivity index (χ0) is 14.8. The van der Waals surface area contributed by atoms with E-state index in [0.29, 0.717) is 6.04 Å². The maximum absolute atomic E-state index is 4.87. The number of aromatic nitrogens is 1. The Morgan fingerprint density at radius 3 is 2.40 bits per heavy atom. The third-order valence-corrected chi connectivity index (χ3v) is 5.53. The van der Waals surface area contributed by atoms with Crippen LogP contribution in [0.1, 0.15) is 55.6 Å². The van der Waals surface area contributed by atoms with Crippen molar-refractivity contribution in [2.45, 2.75) is 65.5 Å². The van der Waals surface area contributed by atoms with Gasteiger partial charge in [-0.1, -0.05) is 6.92 Å². The first-order valence-corrected chi connectivity index (χ1v) is 8.73. The summed E-state index contributed by atoms with van der Waals surface area (Å²) in [6.07, 6.45) is 3.61. The summed E-state index contributed by atoms with van der Waals surface area (Å²) in [4.78, 5) is 8.82. The quantitative estimate of drug-likeness (QED) is 0.901. The third-order valence-electron chi connectivity index (χ3n) is 4.25. The Hall–Kier alpha value is -0.450. The summed E-state index contributed by atoms with van der Waals surface area (Å²) < 4.78 is 0. The minimum atomic E-state index is 0.0993. The average Bonchev–Trinajstić information content (AvgIpc) is 2.72. The summed E-state index contributed by atoms with van der Waals surface area (Å²) >= 11 is 1.88. The van der Waals surface area contributed by atoms with Gasteiger partial charge >= 0.3 is 0 Å². The molecule has 0 amide bonds. The number of nitrogens with zero attached hydrogens (tertiary/aromatic N) is 2. The molecule has 0 spiro atoms. The van der Waals surface area contributed by atoms with Gasteiger partial charge < -0.3 is 10.2 Å². The van der Waals surface area contributed by atoms with Crippen molar-refractivity contribution in [2.75, 3.05) is 19.6 Å². The Morgan fingerprint density at radius 2 is 1.95 bits per heavy atom. The molecule has 1 aromatic rings. The maximum atomic E-state index is 4.87. The first kappa shape index (κ1) is 15.9. The number of rotatable bonds is 5. The van der Waals surface area contributed by atoms with E-state index in [9.17, 15) is 0 Å². The van der Waals surface area contributed by atoms with E-state index in [2.05, 4.69) is 44.8 Å².